The molecule has 61 heavy (non-hydrogen) atoms. The van der Waals surface area contributed by atoms with Crippen LogP contribution in [-0.2, 0) is 50.9 Å². The molecule has 0 aliphatic carbocycles. The maximum Gasteiger partial charge on any atom is 0.479 e. The summed E-state index contributed by atoms with van der Waals surface area (Å²) in [6.45, 7) is -0.213. The van der Waals surface area contributed by atoms with E-state index in [0.717, 1.165) is 13.4 Å². The standard InChI is InChI=1S/C12H20N5O12P3.C8H16O7.C7H14O7/c1-2-26-31(22,23)32(24,25)29-30(20,21)27-3-6-8(18)9(19)12(28-6)17-5-16-7-10(13)14-4-15-11(7)17;1-2-15-8(14)7(13)6(12)5(11)4(10)3-9;1-14-7(13)6(12)5(11)4(10)3(9)2-8/h4-6,8-9,12,18-19H,2-3H2,1H3,(H,20,21)(H,22,23)(H,24,25)(H2,13,14,15);4-7,9-13H,2-3H2,1H3;3-6,8-12H,2H2,1H3. The molecule has 0 aromatic carbocycles. The number of aliphatic hydroxyl groups is 12. The third kappa shape index (κ3) is 15.5. The third-order valence-corrected chi connectivity index (χ3v) is 14.0. The molecule has 0 bridgehead atoms. The SMILES string of the molecule is CCOC(=O)C(O)C(O)C(O)C(O)CO.CCOP(=O)(O)P(=O)(O)OP(=O)(O)OCC1OC(n2cnc3c(N)ncnc32)C(O)C1O.COC(=O)C(O)C(O)C(O)C(O)CO. The number of rotatable bonds is 20. The number of aromatic nitrogens is 4. The van der Waals surface area contributed by atoms with Crippen LogP contribution in [0.15, 0.2) is 12.7 Å². The summed E-state index contributed by atoms with van der Waals surface area (Å²) in [5.74, 6) is -2.18. The molecule has 17 N–H and O–H groups in total. The normalized spacial score (nSPS) is 24.6. The molecule has 0 saturated carbocycles. The van der Waals surface area contributed by atoms with Gasteiger partial charge in [-0.25, -0.2) is 38.2 Å². The van der Waals surface area contributed by atoms with Crippen LogP contribution < -0.4 is 5.73 Å². The predicted octanol–water partition coefficient (Wildman–Crippen LogP) is -6.94. The number of ether oxygens (including phenoxy) is 3. The Hall–Kier alpha value is -2.78. The fourth-order valence-corrected chi connectivity index (χ4v) is 9.33. The minimum atomic E-state index is -5.65. The fourth-order valence-electron chi connectivity index (χ4n) is 4.44. The van der Waals surface area contributed by atoms with E-state index in [1.54, 1.807) is 0 Å². The first kappa shape index (κ1) is 56.2. The maximum absolute atomic E-state index is 12.0. The van der Waals surface area contributed by atoms with Crippen molar-refractivity contribution in [1.82, 2.24) is 19.5 Å². The third-order valence-electron chi connectivity index (χ3n) is 7.71. The van der Waals surface area contributed by atoms with E-state index in [4.69, 9.17) is 56.4 Å². The number of carbonyl (C=O) groups is 2. The molecule has 0 spiro atoms. The van der Waals surface area contributed by atoms with Crippen LogP contribution in [0.25, 0.3) is 11.2 Å². The van der Waals surface area contributed by atoms with Crippen LogP contribution in [-0.4, -0.2) is 215 Å². The topological polar surface area (TPSA) is 514 Å². The Morgan fingerprint density at radius 3 is 1.79 bits per heavy atom. The molecule has 31 nitrogen and oxygen atoms in total. The van der Waals surface area contributed by atoms with Crippen molar-refractivity contribution in [2.45, 2.75) is 87.2 Å². The second-order valence-electron chi connectivity index (χ2n) is 12.0. The second kappa shape index (κ2) is 24.9. The Labute approximate surface area is 343 Å². The zero-order valence-electron chi connectivity index (χ0n) is 32.0. The highest BCUT2D eigenvalue weighted by atomic mass is 32.1. The van der Waals surface area contributed by atoms with Crippen LogP contribution in [0.1, 0.15) is 20.1 Å². The fraction of sp³-hybridized carbons (Fsp3) is 0.741. The average molecular weight is 954 g/mol. The number of nitrogen functional groups attached to an aromatic ring is 1. The number of phosphoric ester groups is 1. The van der Waals surface area contributed by atoms with Gasteiger partial charge in [0.2, 0.25) is 0 Å². The quantitative estimate of drug-likeness (QED) is 0.0433. The molecule has 2 aromatic heterocycles. The minimum Gasteiger partial charge on any atom is -0.467 e. The van der Waals surface area contributed by atoms with Crippen molar-refractivity contribution in [3.63, 3.8) is 0 Å². The van der Waals surface area contributed by atoms with Crippen molar-refractivity contribution in [3.8, 4) is 0 Å². The number of nitrogens with two attached hydrogens (primary N) is 1. The number of phosphoric acid groups is 1. The molecule has 0 amide bonds. The Balaban J connectivity index is 0.000000535. The van der Waals surface area contributed by atoms with Gasteiger partial charge in [-0.05, 0) is 13.8 Å². The molecular formula is C27H50N5O26P3. The molecular weight excluding hydrogens is 903 g/mol. The lowest BCUT2D eigenvalue weighted by molar-refractivity contribution is -0.169. The highest BCUT2D eigenvalue weighted by Gasteiger charge is 2.52. The molecule has 1 saturated heterocycles. The Bertz CT molecular complexity index is 1830. The summed E-state index contributed by atoms with van der Waals surface area (Å²) in [6, 6.07) is 0. The number of imidazole rings is 1. The van der Waals surface area contributed by atoms with Gasteiger partial charge in [0.15, 0.2) is 29.9 Å². The van der Waals surface area contributed by atoms with Gasteiger partial charge in [-0.15, -0.1) is 0 Å². The van der Waals surface area contributed by atoms with Crippen LogP contribution in [0.4, 0.5) is 5.82 Å². The first-order chi connectivity index (χ1) is 28.2. The zero-order valence-corrected chi connectivity index (χ0v) is 34.7. The van der Waals surface area contributed by atoms with E-state index in [2.05, 4.69) is 37.8 Å². The van der Waals surface area contributed by atoms with E-state index in [1.807, 2.05) is 0 Å². The van der Waals surface area contributed by atoms with Gasteiger partial charge >= 0.3 is 34.3 Å². The highest BCUT2D eigenvalue weighted by molar-refractivity contribution is 8.27. The van der Waals surface area contributed by atoms with E-state index < -0.39 is 134 Å². The van der Waals surface area contributed by atoms with Gasteiger partial charge in [0, 0.05) is 0 Å². The molecule has 15 unspecified atom stereocenters. The number of carbonyl (C=O) groups excluding carboxylic acids is 2. The number of esters is 2. The Morgan fingerprint density at radius 1 is 0.787 bits per heavy atom. The van der Waals surface area contributed by atoms with Crippen molar-refractivity contribution >= 4 is 51.3 Å². The van der Waals surface area contributed by atoms with Crippen molar-refractivity contribution in [1.29, 1.82) is 0 Å². The maximum atomic E-state index is 12.0. The number of nitrogens with zero attached hydrogens (tertiary/aromatic N) is 4. The van der Waals surface area contributed by atoms with E-state index in [0.29, 0.717) is 0 Å². The van der Waals surface area contributed by atoms with Crippen LogP contribution in [0.5, 0.6) is 0 Å². The summed E-state index contributed by atoms with van der Waals surface area (Å²) in [5, 5.41) is 110. The average Bonchev–Trinajstić information content (AvgIpc) is 3.77. The van der Waals surface area contributed by atoms with Crippen molar-refractivity contribution < 1.29 is 127 Å². The molecule has 0 radical (unpaired) electrons. The summed E-state index contributed by atoms with van der Waals surface area (Å²) in [7, 11) is -15.4. The molecule has 3 rings (SSSR count). The lowest BCUT2D eigenvalue weighted by atomic mass is 10.0. The molecule has 15 atom stereocenters. The summed E-state index contributed by atoms with van der Waals surface area (Å²) in [4.78, 5) is 61.9. The van der Waals surface area contributed by atoms with Gasteiger partial charge in [0.1, 0.15) is 66.8 Å². The molecule has 1 fully saturated rings. The minimum absolute atomic E-state index is 0.0151. The van der Waals surface area contributed by atoms with E-state index in [-0.39, 0.29) is 23.6 Å². The van der Waals surface area contributed by atoms with Gasteiger partial charge in [0.25, 0.3) is 0 Å². The van der Waals surface area contributed by atoms with Gasteiger partial charge < -0.3 is 100 Å². The first-order valence-electron chi connectivity index (χ1n) is 17.0. The highest BCUT2D eigenvalue weighted by Crippen LogP contribution is 2.82. The van der Waals surface area contributed by atoms with Gasteiger partial charge in [-0.1, -0.05) is 0 Å². The smallest absolute Gasteiger partial charge is 0.467 e. The molecule has 2 aromatic rings. The van der Waals surface area contributed by atoms with Crippen LogP contribution in [0.3, 0.4) is 0 Å². The molecule has 1 aliphatic heterocycles. The molecule has 3 heterocycles. The largest absolute Gasteiger partial charge is 0.479 e. The number of fused-ring (bicyclic) bond motifs is 1. The van der Waals surface area contributed by atoms with E-state index >= 15 is 0 Å². The van der Waals surface area contributed by atoms with Crippen molar-refractivity contribution in [3.05, 3.63) is 12.7 Å². The van der Waals surface area contributed by atoms with E-state index in [1.165, 1.54) is 24.7 Å². The van der Waals surface area contributed by atoms with Crippen molar-refractivity contribution in [2.24, 2.45) is 0 Å². The number of hydrogen-bond donors (Lipinski definition) is 16. The van der Waals surface area contributed by atoms with Crippen molar-refractivity contribution in [2.75, 3.05) is 45.9 Å². The molecule has 34 heteroatoms. The summed E-state index contributed by atoms with van der Waals surface area (Å²) >= 11 is 0. The van der Waals surface area contributed by atoms with Gasteiger partial charge in [0.05, 0.1) is 46.5 Å². The lowest BCUT2D eigenvalue weighted by Gasteiger charge is -2.24. The second-order valence-corrected chi connectivity index (χ2v) is 19.1. The van der Waals surface area contributed by atoms with Crippen LogP contribution in [0.2, 0.25) is 0 Å². The number of aliphatic hydroxyl groups excluding tert-OH is 12. The van der Waals surface area contributed by atoms with Crippen LogP contribution >= 0.6 is 22.4 Å². The monoisotopic (exact) mass is 953 g/mol. The summed E-state index contributed by atoms with van der Waals surface area (Å²) < 4.78 is 63.3. The Morgan fingerprint density at radius 2 is 1.31 bits per heavy atom. The summed E-state index contributed by atoms with van der Waals surface area (Å²) in [6.07, 6.45) is -18.2. The van der Waals surface area contributed by atoms with E-state index in [9.17, 15) is 53.3 Å². The Kier molecular flexibility index (Phi) is 23.0. The number of methoxy groups -OCH3 is 1. The number of hydrogen-bond acceptors (Lipinski definition) is 27. The molecule has 354 valence electrons. The molecule has 1 aliphatic rings. The number of anilines is 1. The predicted molar refractivity (Wildman–Crippen MR) is 195 cm³/mol. The summed E-state index contributed by atoms with van der Waals surface area (Å²) in [5.41, 5.74) is 6.06. The van der Waals surface area contributed by atoms with Gasteiger partial charge in [-0.2, -0.15) is 4.31 Å². The van der Waals surface area contributed by atoms with Gasteiger partial charge in [-0.3, -0.25) is 9.09 Å². The first-order valence-corrected chi connectivity index (χ1v) is 22.4. The zero-order chi connectivity index (χ0) is 47.2. The lowest BCUT2D eigenvalue weighted by Crippen LogP contribution is -2.49. The van der Waals surface area contributed by atoms with Crippen LogP contribution in [0, 0.1) is 0 Å².